The molecule has 1 heterocycles. The van der Waals surface area contributed by atoms with Crippen LogP contribution in [0.15, 0.2) is 4.99 Å². The van der Waals surface area contributed by atoms with E-state index >= 15 is 0 Å². The minimum atomic E-state index is 0. The number of hydrogen-bond donors (Lipinski definition) is 2. The summed E-state index contributed by atoms with van der Waals surface area (Å²) in [5.41, 5.74) is 0.470. The van der Waals surface area contributed by atoms with Gasteiger partial charge in [-0.3, -0.25) is 0 Å². The molecule has 0 aliphatic heterocycles. The molecule has 0 unspecified atom stereocenters. The molecule has 8 heteroatoms. The summed E-state index contributed by atoms with van der Waals surface area (Å²) in [5.74, 6) is 2.64. The number of guanidine groups is 1. The number of nitrogens with zero attached hydrogens (tertiary/aromatic N) is 4. The first-order chi connectivity index (χ1) is 11.9. The third-order valence-corrected chi connectivity index (χ3v) is 5.06. The second-order valence-corrected chi connectivity index (χ2v) is 7.74. The van der Waals surface area contributed by atoms with Gasteiger partial charge in [0.05, 0.1) is 0 Å². The third kappa shape index (κ3) is 7.38. The summed E-state index contributed by atoms with van der Waals surface area (Å²) in [6.45, 7) is 8.78. The largest absolute Gasteiger partial charge is 0.385 e. The van der Waals surface area contributed by atoms with Crippen molar-refractivity contribution in [3.8, 4) is 0 Å². The van der Waals surface area contributed by atoms with Gasteiger partial charge in [0.1, 0.15) is 12.4 Å². The highest BCUT2D eigenvalue weighted by Crippen LogP contribution is 2.34. The van der Waals surface area contributed by atoms with Crippen molar-refractivity contribution >= 4 is 29.9 Å². The highest BCUT2D eigenvalue weighted by molar-refractivity contribution is 14.0. The lowest BCUT2D eigenvalue weighted by Gasteiger charge is -2.35. The Labute approximate surface area is 174 Å². The summed E-state index contributed by atoms with van der Waals surface area (Å²) in [6.07, 6.45) is 5.84. The van der Waals surface area contributed by atoms with Crippen LogP contribution in [0.2, 0.25) is 0 Å². The molecule has 0 spiro atoms. The standard InChI is InChI=1S/C18H34N6O.HI/c1-14-22-23-16(24(14)4)13-20-17(19-11-6-12-25-5)21-15-7-9-18(2,3)10-8-15;/h15H,6-13H2,1-5H3,(H2,19,20,21);1H. The zero-order chi connectivity index (χ0) is 18.3. The van der Waals surface area contributed by atoms with Crippen LogP contribution in [0, 0.1) is 12.3 Å². The molecule has 0 radical (unpaired) electrons. The molecule has 1 aromatic heterocycles. The molecule has 2 rings (SSSR count). The maximum absolute atomic E-state index is 5.12. The van der Waals surface area contributed by atoms with Gasteiger partial charge in [-0.2, -0.15) is 0 Å². The first-order valence-corrected chi connectivity index (χ1v) is 9.30. The Kier molecular flexibility index (Phi) is 9.84. The zero-order valence-electron chi connectivity index (χ0n) is 16.8. The van der Waals surface area contributed by atoms with Crippen molar-refractivity contribution in [2.75, 3.05) is 20.3 Å². The lowest BCUT2D eigenvalue weighted by molar-refractivity contribution is 0.195. The summed E-state index contributed by atoms with van der Waals surface area (Å²) < 4.78 is 7.10. The Morgan fingerprint density at radius 2 is 2.00 bits per heavy atom. The number of aryl methyl sites for hydroxylation is 1. The maximum Gasteiger partial charge on any atom is 0.191 e. The molecule has 0 amide bonds. The van der Waals surface area contributed by atoms with Crippen LogP contribution in [0.5, 0.6) is 0 Å². The molecule has 1 aliphatic carbocycles. The molecule has 0 bridgehead atoms. The number of methoxy groups -OCH3 is 1. The summed E-state index contributed by atoms with van der Waals surface area (Å²) in [4.78, 5) is 4.73. The van der Waals surface area contributed by atoms with E-state index < -0.39 is 0 Å². The Hall–Kier alpha value is -0.900. The Bertz CT molecular complexity index is 562. The lowest BCUT2D eigenvalue weighted by atomic mass is 9.75. The van der Waals surface area contributed by atoms with Gasteiger partial charge in [-0.1, -0.05) is 13.8 Å². The van der Waals surface area contributed by atoms with E-state index in [4.69, 9.17) is 9.73 Å². The van der Waals surface area contributed by atoms with Crippen LogP contribution in [0.1, 0.15) is 57.6 Å². The minimum Gasteiger partial charge on any atom is -0.385 e. The molecule has 150 valence electrons. The molecule has 1 saturated carbocycles. The van der Waals surface area contributed by atoms with Gasteiger partial charge in [-0.25, -0.2) is 4.99 Å². The van der Waals surface area contributed by atoms with Crippen molar-refractivity contribution < 1.29 is 4.74 Å². The third-order valence-electron chi connectivity index (χ3n) is 5.06. The number of rotatable bonds is 7. The smallest absolute Gasteiger partial charge is 0.191 e. The van der Waals surface area contributed by atoms with Crippen molar-refractivity contribution in [3.63, 3.8) is 0 Å². The number of aliphatic imine (C=N–C) groups is 1. The summed E-state index contributed by atoms with van der Waals surface area (Å²) in [6, 6.07) is 0.489. The first kappa shape index (κ1) is 23.1. The van der Waals surface area contributed by atoms with Crippen molar-refractivity contribution in [2.24, 2.45) is 17.5 Å². The van der Waals surface area contributed by atoms with E-state index in [2.05, 4.69) is 34.7 Å². The van der Waals surface area contributed by atoms with Crippen LogP contribution in [-0.2, 0) is 18.3 Å². The van der Waals surface area contributed by atoms with E-state index in [1.807, 2.05) is 18.5 Å². The predicted molar refractivity (Wildman–Crippen MR) is 116 cm³/mol. The van der Waals surface area contributed by atoms with Crippen LogP contribution in [0.25, 0.3) is 0 Å². The summed E-state index contributed by atoms with van der Waals surface area (Å²) >= 11 is 0. The number of ether oxygens (including phenoxy) is 1. The maximum atomic E-state index is 5.12. The van der Waals surface area contributed by atoms with Crippen molar-refractivity contribution in [2.45, 2.75) is 65.5 Å². The highest BCUT2D eigenvalue weighted by Gasteiger charge is 2.27. The quantitative estimate of drug-likeness (QED) is 0.273. The van der Waals surface area contributed by atoms with E-state index in [9.17, 15) is 0 Å². The lowest BCUT2D eigenvalue weighted by Crippen LogP contribution is -2.46. The van der Waals surface area contributed by atoms with Gasteiger partial charge in [-0.05, 0) is 44.4 Å². The molecule has 0 atom stereocenters. The minimum absolute atomic E-state index is 0. The second kappa shape index (κ2) is 11.1. The Balaban J connectivity index is 0.00000338. The normalized spacial score (nSPS) is 17.7. The highest BCUT2D eigenvalue weighted by atomic mass is 127. The second-order valence-electron chi connectivity index (χ2n) is 7.74. The number of nitrogens with one attached hydrogen (secondary N) is 2. The zero-order valence-corrected chi connectivity index (χ0v) is 19.2. The Morgan fingerprint density at radius 3 is 2.58 bits per heavy atom. The van der Waals surface area contributed by atoms with Crippen molar-refractivity contribution in [1.82, 2.24) is 25.4 Å². The average Bonchev–Trinajstić information content (AvgIpc) is 2.90. The van der Waals surface area contributed by atoms with E-state index in [1.54, 1.807) is 7.11 Å². The topological polar surface area (TPSA) is 76.4 Å². The van der Waals surface area contributed by atoms with Crippen LogP contribution < -0.4 is 10.6 Å². The fraction of sp³-hybridized carbons (Fsp3) is 0.833. The fourth-order valence-electron chi connectivity index (χ4n) is 3.05. The van der Waals surface area contributed by atoms with Crippen LogP contribution in [-0.4, -0.2) is 47.0 Å². The monoisotopic (exact) mass is 478 g/mol. The SMILES string of the molecule is COCCCNC(=NCc1nnc(C)n1C)NC1CCC(C)(C)CC1.I. The Morgan fingerprint density at radius 1 is 1.31 bits per heavy atom. The summed E-state index contributed by atoms with van der Waals surface area (Å²) in [7, 11) is 3.70. The molecule has 2 N–H and O–H groups in total. The molecule has 7 nitrogen and oxygen atoms in total. The van der Waals surface area contributed by atoms with Gasteiger partial charge < -0.3 is 19.9 Å². The van der Waals surface area contributed by atoms with Crippen molar-refractivity contribution in [1.29, 1.82) is 0 Å². The van der Waals surface area contributed by atoms with Gasteiger partial charge in [0, 0.05) is 33.4 Å². The molecule has 0 aromatic carbocycles. The average molecular weight is 478 g/mol. The van der Waals surface area contributed by atoms with E-state index in [0.29, 0.717) is 18.0 Å². The van der Waals surface area contributed by atoms with E-state index in [1.165, 1.54) is 25.7 Å². The van der Waals surface area contributed by atoms with Gasteiger partial charge in [0.2, 0.25) is 0 Å². The van der Waals surface area contributed by atoms with Crippen LogP contribution in [0.3, 0.4) is 0 Å². The molecule has 1 aromatic rings. The number of aromatic nitrogens is 3. The van der Waals surface area contributed by atoms with Gasteiger partial charge in [0.15, 0.2) is 11.8 Å². The van der Waals surface area contributed by atoms with Crippen LogP contribution in [0.4, 0.5) is 0 Å². The fourth-order valence-corrected chi connectivity index (χ4v) is 3.05. The number of hydrogen-bond acceptors (Lipinski definition) is 4. The van der Waals surface area contributed by atoms with Crippen molar-refractivity contribution in [3.05, 3.63) is 11.6 Å². The molecule has 0 saturated heterocycles. The van der Waals surface area contributed by atoms with Crippen LogP contribution >= 0.6 is 24.0 Å². The molecular weight excluding hydrogens is 443 g/mol. The first-order valence-electron chi connectivity index (χ1n) is 9.30. The van der Waals surface area contributed by atoms with Gasteiger partial charge >= 0.3 is 0 Å². The molecule has 26 heavy (non-hydrogen) atoms. The summed E-state index contributed by atoms with van der Waals surface area (Å²) in [5, 5.41) is 15.3. The van der Waals surface area contributed by atoms with E-state index in [0.717, 1.165) is 37.2 Å². The molecule has 1 fully saturated rings. The number of halogens is 1. The van der Waals surface area contributed by atoms with Gasteiger partial charge in [-0.15, -0.1) is 34.2 Å². The molecule has 1 aliphatic rings. The predicted octanol–water partition coefficient (Wildman–Crippen LogP) is 2.78. The van der Waals surface area contributed by atoms with Gasteiger partial charge in [0.25, 0.3) is 0 Å². The molecular formula is C18H35IN6O. The van der Waals surface area contributed by atoms with E-state index in [-0.39, 0.29) is 24.0 Å².